The number of pyridine rings is 1. The molecule has 1 aromatic carbocycles. The van der Waals surface area contributed by atoms with Gasteiger partial charge in [-0.25, -0.2) is 0 Å². The smallest absolute Gasteiger partial charge is 0.276 e. The van der Waals surface area contributed by atoms with Crippen molar-refractivity contribution in [1.29, 1.82) is 0 Å². The Bertz CT molecular complexity index is 773. The first-order valence-electron chi connectivity index (χ1n) is 6.97. The van der Waals surface area contributed by atoms with Crippen molar-refractivity contribution in [2.45, 2.75) is 19.8 Å². The van der Waals surface area contributed by atoms with Crippen LogP contribution >= 0.6 is 0 Å². The SMILES string of the molecule is CCCc1cc(C(=O)Nc2cccc3ncccc23)n[nH]1. The first-order chi connectivity index (χ1) is 10.3. The summed E-state index contributed by atoms with van der Waals surface area (Å²) in [4.78, 5) is 16.5. The maximum atomic E-state index is 12.3. The Morgan fingerprint density at radius 2 is 2.19 bits per heavy atom. The summed E-state index contributed by atoms with van der Waals surface area (Å²) in [6, 6.07) is 11.2. The molecule has 2 heterocycles. The Morgan fingerprint density at radius 3 is 3.05 bits per heavy atom. The zero-order chi connectivity index (χ0) is 14.7. The lowest BCUT2D eigenvalue weighted by Gasteiger charge is -2.06. The maximum Gasteiger partial charge on any atom is 0.276 e. The van der Waals surface area contributed by atoms with Crippen LogP contribution in [0.4, 0.5) is 5.69 Å². The van der Waals surface area contributed by atoms with E-state index in [1.54, 1.807) is 12.3 Å². The topological polar surface area (TPSA) is 70.7 Å². The van der Waals surface area contributed by atoms with E-state index in [1.165, 1.54) is 0 Å². The minimum Gasteiger partial charge on any atom is -0.320 e. The summed E-state index contributed by atoms with van der Waals surface area (Å²) >= 11 is 0. The van der Waals surface area contributed by atoms with Crippen molar-refractivity contribution in [1.82, 2.24) is 15.2 Å². The number of anilines is 1. The quantitative estimate of drug-likeness (QED) is 0.771. The van der Waals surface area contributed by atoms with Crippen molar-refractivity contribution in [3.63, 3.8) is 0 Å². The number of hydrogen-bond donors (Lipinski definition) is 2. The van der Waals surface area contributed by atoms with E-state index in [2.05, 4.69) is 27.4 Å². The minimum absolute atomic E-state index is 0.218. The van der Waals surface area contributed by atoms with Gasteiger partial charge in [0.1, 0.15) is 0 Å². The van der Waals surface area contributed by atoms with Gasteiger partial charge in [0, 0.05) is 17.3 Å². The molecule has 0 fully saturated rings. The summed E-state index contributed by atoms with van der Waals surface area (Å²) in [5, 5.41) is 10.8. The van der Waals surface area contributed by atoms with Crippen molar-refractivity contribution in [2.24, 2.45) is 0 Å². The molecule has 106 valence electrons. The predicted octanol–water partition coefficient (Wildman–Crippen LogP) is 3.16. The van der Waals surface area contributed by atoms with Crippen LogP contribution in [0.3, 0.4) is 0 Å². The third kappa shape index (κ3) is 2.76. The van der Waals surface area contributed by atoms with Gasteiger partial charge in [-0.2, -0.15) is 5.10 Å². The van der Waals surface area contributed by atoms with Crippen molar-refractivity contribution in [2.75, 3.05) is 5.32 Å². The van der Waals surface area contributed by atoms with E-state index < -0.39 is 0 Å². The van der Waals surface area contributed by atoms with Crippen LogP contribution in [-0.4, -0.2) is 21.1 Å². The fourth-order valence-electron chi connectivity index (χ4n) is 2.27. The summed E-state index contributed by atoms with van der Waals surface area (Å²) < 4.78 is 0. The lowest BCUT2D eigenvalue weighted by molar-refractivity contribution is 0.102. The Kier molecular flexibility index (Phi) is 3.64. The molecule has 5 heteroatoms. The van der Waals surface area contributed by atoms with Crippen LogP contribution in [0.5, 0.6) is 0 Å². The molecule has 0 unspecified atom stereocenters. The van der Waals surface area contributed by atoms with Crippen molar-refractivity contribution in [3.05, 3.63) is 54.0 Å². The van der Waals surface area contributed by atoms with Crippen LogP contribution in [0.2, 0.25) is 0 Å². The predicted molar refractivity (Wildman–Crippen MR) is 82.3 cm³/mol. The Hall–Kier alpha value is -2.69. The van der Waals surface area contributed by atoms with Crippen LogP contribution < -0.4 is 5.32 Å². The highest BCUT2D eigenvalue weighted by Crippen LogP contribution is 2.21. The highest BCUT2D eigenvalue weighted by molar-refractivity contribution is 6.07. The van der Waals surface area contributed by atoms with Gasteiger partial charge in [0.05, 0.1) is 11.2 Å². The standard InChI is InChI=1S/C16H16N4O/c1-2-5-11-10-15(20-19-11)16(21)18-14-8-3-7-13-12(14)6-4-9-17-13/h3-4,6-10H,2,5H2,1H3,(H,18,21)(H,19,20). The van der Waals surface area contributed by atoms with Gasteiger partial charge < -0.3 is 5.32 Å². The summed E-state index contributed by atoms with van der Waals surface area (Å²) in [6.45, 7) is 2.09. The molecule has 3 rings (SSSR count). The van der Waals surface area contributed by atoms with E-state index in [1.807, 2.05) is 30.3 Å². The number of rotatable bonds is 4. The molecule has 3 aromatic rings. The maximum absolute atomic E-state index is 12.3. The molecule has 0 atom stereocenters. The van der Waals surface area contributed by atoms with Crippen molar-refractivity contribution < 1.29 is 4.79 Å². The van der Waals surface area contributed by atoms with Crippen molar-refractivity contribution >= 4 is 22.5 Å². The van der Waals surface area contributed by atoms with E-state index in [4.69, 9.17) is 0 Å². The highest BCUT2D eigenvalue weighted by Gasteiger charge is 2.12. The first kappa shape index (κ1) is 13.3. The van der Waals surface area contributed by atoms with E-state index in [0.29, 0.717) is 5.69 Å². The van der Waals surface area contributed by atoms with Crippen LogP contribution in [0.25, 0.3) is 10.9 Å². The molecule has 5 nitrogen and oxygen atoms in total. The summed E-state index contributed by atoms with van der Waals surface area (Å²) in [5.41, 5.74) is 2.97. The first-order valence-corrected chi connectivity index (χ1v) is 6.97. The number of benzene rings is 1. The molecule has 0 aliphatic rings. The number of carbonyl (C=O) groups excluding carboxylic acids is 1. The zero-order valence-corrected chi connectivity index (χ0v) is 11.8. The van der Waals surface area contributed by atoms with E-state index in [9.17, 15) is 4.79 Å². The number of H-pyrrole nitrogens is 1. The lowest BCUT2D eigenvalue weighted by atomic mass is 10.1. The average molecular weight is 280 g/mol. The molecule has 0 bridgehead atoms. The minimum atomic E-state index is -0.218. The number of fused-ring (bicyclic) bond motifs is 1. The highest BCUT2D eigenvalue weighted by atomic mass is 16.1. The largest absolute Gasteiger partial charge is 0.320 e. The normalized spacial score (nSPS) is 10.7. The molecule has 21 heavy (non-hydrogen) atoms. The van der Waals surface area contributed by atoms with Gasteiger partial charge >= 0.3 is 0 Å². The zero-order valence-electron chi connectivity index (χ0n) is 11.8. The molecule has 1 amide bonds. The van der Waals surface area contributed by atoms with Crippen LogP contribution in [0.1, 0.15) is 29.5 Å². The second kappa shape index (κ2) is 5.75. The van der Waals surface area contributed by atoms with Gasteiger partial charge in [0.15, 0.2) is 5.69 Å². The number of amides is 1. The van der Waals surface area contributed by atoms with E-state index >= 15 is 0 Å². The van der Waals surface area contributed by atoms with Gasteiger partial charge in [0.25, 0.3) is 5.91 Å². The van der Waals surface area contributed by atoms with Crippen LogP contribution in [-0.2, 0) is 6.42 Å². The van der Waals surface area contributed by atoms with E-state index in [-0.39, 0.29) is 5.91 Å². The van der Waals surface area contributed by atoms with Gasteiger partial charge in [-0.05, 0) is 36.8 Å². The number of carbonyl (C=O) groups is 1. The Balaban J connectivity index is 1.85. The second-order valence-electron chi connectivity index (χ2n) is 4.86. The molecule has 0 spiro atoms. The number of nitrogens with zero attached hydrogens (tertiary/aromatic N) is 2. The molecular formula is C16H16N4O. The molecule has 2 aromatic heterocycles. The monoisotopic (exact) mass is 280 g/mol. The van der Waals surface area contributed by atoms with E-state index in [0.717, 1.165) is 35.1 Å². The number of aryl methyl sites for hydroxylation is 1. The molecule has 2 N–H and O–H groups in total. The molecule has 0 saturated heterocycles. The Labute approximate surface area is 122 Å². The van der Waals surface area contributed by atoms with Gasteiger partial charge in [-0.3, -0.25) is 14.9 Å². The van der Waals surface area contributed by atoms with Gasteiger partial charge in [-0.15, -0.1) is 0 Å². The molecule has 0 radical (unpaired) electrons. The lowest BCUT2D eigenvalue weighted by Crippen LogP contribution is -2.12. The third-order valence-electron chi connectivity index (χ3n) is 3.28. The van der Waals surface area contributed by atoms with Crippen LogP contribution in [0.15, 0.2) is 42.6 Å². The summed E-state index contributed by atoms with van der Waals surface area (Å²) in [6.07, 6.45) is 3.63. The number of hydrogen-bond acceptors (Lipinski definition) is 3. The Morgan fingerprint density at radius 1 is 1.29 bits per heavy atom. The average Bonchev–Trinajstić information content (AvgIpc) is 2.97. The van der Waals surface area contributed by atoms with Crippen molar-refractivity contribution in [3.8, 4) is 0 Å². The number of aromatic nitrogens is 3. The number of aromatic amines is 1. The summed E-state index contributed by atoms with van der Waals surface area (Å²) in [5.74, 6) is -0.218. The number of nitrogens with one attached hydrogen (secondary N) is 2. The van der Waals surface area contributed by atoms with Crippen LogP contribution in [0, 0.1) is 0 Å². The molecule has 0 saturated carbocycles. The molecule has 0 aliphatic carbocycles. The molecular weight excluding hydrogens is 264 g/mol. The fourth-order valence-corrected chi connectivity index (χ4v) is 2.27. The van der Waals surface area contributed by atoms with Gasteiger partial charge in [0.2, 0.25) is 0 Å². The van der Waals surface area contributed by atoms with Gasteiger partial charge in [-0.1, -0.05) is 19.4 Å². The second-order valence-corrected chi connectivity index (χ2v) is 4.86. The fraction of sp³-hybridized carbons (Fsp3) is 0.188. The molecule has 0 aliphatic heterocycles. The third-order valence-corrected chi connectivity index (χ3v) is 3.28. The summed E-state index contributed by atoms with van der Waals surface area (Å²) in [7, 11) is 0.